The first-order valence-corrected chi connectivity index (χ1v) is 8.89. The van der Waals surface area contributed by atoms with Gasteiger partial charge in [-0.15, -0.1) is 0 Å². The first kappa shape index (κ1) is 19.3. The fourth-order valence-electron chi connectivity index (χ4n) is 2.74. The van der Waals surface area contributed by atoms with Gasteiger partial charge in [0.15, 0.2) is 0 Å². The number of hydrogen-bond acceptors (Lipinski definition) is 5. The molecular formula is C15H17F2NO6S. The molecule has 1 aliphatic rings. The molecule has 2 rings (SSSR count). The number of carboxylic acids is 1. The molecule has 0 bridgehead atoms. The first-order valence-electron chi connectivity index (χ1n) is 7.34. The maximum Gasteiger partial charge on any atom is 0.341 e. The van der Waals surface area contributed by atoms with Gasteiger partial charge in [0.05, 0.1) is 17.4 Å². The van der Waals surface area contributed by atoms with E-state index in [0.29, 0.717) is 6.42 Å². The number of sulfone groups is 1. The van der Waals surface area contributed by atoms with Gasteiger partial charge in [-0.3, -0.25) is 9.59 Å². The number of benzene rings is 1. The van der Waals surface area contributed by atoms with Crippen LogP contribution in [0.3, 0.4) is 0 Å². The Morgan fingerprint density at radius 2 is 1.92 bits per heavy atom. The van der Waals surface area contributed by atoms with Gasteiger partial charge in [0.2, 0.25) is 9.84 Å². The Hall–Kier alpha value is -2.07. The monoisotopic (exact) mass is 377 g/mol. The van der Waals surface area contributed by atoms with Gasteiger partial charge in [-0.05, 0) is 30.7 Å². The average molecular weight is 377 g/mol. The summed E-state index contributed by atoms with van der Waals surface area (Å²) in [6, 6.07) is 3.58. The summed E-state index contributed by atoms with van der Waals surface area (Å²) in [5.74, 6) is -5.11. The predicted molar refractivity (Wildman–Crippen MR) is 82.1 cm³/mol. The molecule has 2 atom stereocenters. The number of carbonyl (C=O) groups excluding carboxylic acids is 1. The van der Waals surface area contributed by atoms with E-state index < -0.39 is 38.4 Å². The Kier molecular flexibility index (Phi) is 5.73. The zero-order valence-electron chi connectivity index (χ0n) is 13.3. The Balaban J connectivity index is 2.23. The molecule has 0 radical (unpaired) electrons. The Morgan fingerprint density at radius 3 is 2.40 bits per heavy atom. The molecule has 25 heavy (non-hydrogen) atoms. The molecule has 1 heterocycles. The minimum Gasteiger partial charge on any atom is -0.481 e. The van der Waals surface area contributed by atoms with Crippen LogP contribution in [0.4, 0.5) is 8.78 Å². The zero-order valence-corrected chi connectivity index (χ0v) is 14.1. The molecule has 0 aromatic heterocycles. The van der Waals surface area contributed by atoms with Crippen LogP contribution in [-0.4, -0.2) is 61.9 Å². The van der Waals surface area contributed by atoms with E-state index in [1.54, 1.807) is 0 Å². The van der Waals surface area contributed by atoms with Crippen LogP contribution in [-0.2, 0) is 19.4 Å². The SMILES string of the molecule is COC1CC(CC(=O)O)N(C(=O)c2ccc(S(=O)(=O)C(F)F)cc2)C1. The Bertz CT molecular complexity index is 750. The van der Waals surface area contributed by atoms with Crippen molar-refractivity contribution in [3.63, 3.8) is 0 Å². The van der Waals surface area contributed by atoms with Crippen LogP contribution in [0.1, 0.15) is 23.2 Å². The largest absolute Gasteiger partial charge is 0.481 e. The summed E-state index contributed by atoms with van der Waals surface area (Å²) in [5, 5.41) is 8.96. The van der Waals surface area contributed by atoms with E-state index in [0.717, 1.165) is 24.3 Å². The second-order valence-corrected chi connectivity index (χ2v) is 7.55. The van der Waals surface area contributed by atoms with Gasteiger partial charge in [0.1, 0.15) is 0 Å². The standard InChI is InChI=1S/C15H17F2NO6S/c1-24-11-6-10(7-13(19)20)18(8-11)14(21)9-2-4-12(5-3-9)25(22,23)15(16)17/h2-5,10-11,15H,6-8H2,1H3,(H,19,20). The number of nitrogens with zero attached hydrogens (tertiary/aromatic N) is 1. The van der Waals surface area contributed by atoms with E-state index in [1.807, 2.05) is 0 Å². The van der Waals surface area contributed by atoms with E-state index in [-0.39, 0.29) is 24.6 Å². The highest BCUT2D eigenvalue weighted by Gasteiger charge is 2.37. The Morgan fingerprint density at radius 1 is 1.32 bits per heavy atom. The quantitative estimate of drug-likeness (QED) is 0.804. The summed E-state index contributed by atoms with van der Waals surface area (Å²) in [6.07, 6.45) is -0.178. The van der Waals surface area contributed by atoms with Gasteiger partial charge in [-0.1, -0.05) is 0 Å². The van der Waals surface area contributed by atoms with Crippen LogP contribution in [0.2, 0.25) is 0 Å². The lowest BCUT2D eigenvalue weighted by Gasteiger charge is -2.23. The van der Waals surface area contributed by atoms with Crippen molar-refractivity contribution in [1.82, 2.24) is 4.90 Å². The van der Waals surface area contributed by atoms with E-state index in [2.05, 4.69) is 0 Å². The van der Waals surface area contributed by atoms with Crippen LogP contribution in [0, 0.1) is 0 Å². The lowest BCUT2D eigenvalue weighted by Crippen LogP contribution is -2.37. The van der Waals surface area contributed by atoms with Gasteiger partial charge in [-0.25, -0.2) is 8.42 Å². The third-order valence-electron chi connectivity index (χ3n) is 4.04. The van der Waals surface area contributed by atoms with Crippen molar-refractivity contribution in [2.75, 3.05) is 13.7 Å². The molecule has 1 fully saturated rings. The lowest BCUT2D eigenvalue weighted by molar-refractivity contribution is -0.138. The van der Waals surface area contributed by atoms with Crippen LogP contribution >= 0.6 is 0 Å². The van der Waals surface area contributed by atoms with Crippen LogP contribution in [0.25, 0.3) is 0 Å². The fourth-order valence-corrected chi connectivity index (χ4v) is 3.47. The highest BCUT2D eigenvalue weighted by Crippen LogP contribution is 2.26. The molecule has 0 spiro atoms. The summed E-state index contributed by atoms with van der Waals surface area (Å²) in [6.45, 7) is 0.199. The number of aliphatic carboxylic acids is 1. The maximum absolute atomic E-state index is 12.6. The summed E-state index contributed by atoms with van der Waals surface area (Å²) < 4.78 is 53.0. The normalized spacial score (nSPS) is 20.9. The summed E-state index contributed by atoms with van der Waals surface area (Å²) in [5.41, 5.74) is 0.0837. The van der Waals surface area contributed by atoms with Crippen molar-refractivity contribution in [2.45, 2.75) is 35.6 Å². The number of carboxylic acid groups (broad SMARTS) is 1. The van der Waals surface area contributed by atoms with E-state index >= 15 is 0 Å². The molecule has 1 aromatic rings. The average Bonchev–Trinajstić information content (AvgIpc) is 2.96. The highest BCUT2D eigenvalue weighted by atomic mass is 32.2. The molecule has 0 aliphatic carbocycles. The third kappa shape index (κ3) is 4.13. The van der Waals surface area contributed by atoms with E-state index in [9.17, 15) is 26.8 Å². The highest BCUT2D eigenvalue weighted by molar-refractivity contribution is 7.91. The Labute approximate surface area is 143 Å². The predicted octanol–water partition coefficient (Wildman–Crippen LogP) is 1.39. The van der Waals surface area contributed by atoms with Gasteiger partial charge in [-0.2, -0.15) is 8.78 Å². The molecule has 1 aliphatic heterocycles. The molecule has 2 unspecified atom stereocenters. The van der Waals surface area contributed by atoms with Crippen molar-refractivity contribution in [3.05, 3.63) is 29.8 Å². The molecule has 7 nitrogen and oxygen atoms in total. The van der Waals surface area contributed by atoms with Crippen molar-refractivity contribution in [3.8, 4) is 0 Å². The summed E-state index contributed by atoms with van der Waals surface area (Å²) in [4.78, 5) is 24.3. The zero-order chi connectivity index (χ0) is 18.8. The van der Waals surface area contributed by atoms with E-state index in [4.69, 9.17) is 9.84 Å². The summed E-state index contributed by atoms with van der Waals surface area (Å²) >= 11 is 0. The first-order chi connectivity index (χ1) is 11.7. The van der Waals surface area contributed by atoms with Crippen LogP contribution < -0.4 is 0 Å². The van der Waals surface area contributed by atoms with E-state index in [1.165, 1.54) is 12.0 Å². The van der Waals surface area contributed by atoms with Gasteiger partial charge >= 0.3 is 11.7 Å². The minimum atomic E-state index is -4.73. The molecule has 10 heteroatoms. The molecule has 1 N–H and O–H groups in total. The van der Waals surface area contributed by atoms with Crippen molar-refractivity contribution >= 4 is 21.7 Å². The molecule has 1 saturated heterocycles. The van der Waals surface area contributed by atoms with Gasteiger partial charge in [0, 0.05) is 25.3 Å². The van der Waals surface area contributed by atoms with Crippen molar-refractivity contribution in [1.29, 1.82) is 0 Å². The number of amides is 1. The number of methoxy groups -OCH3 is 1. The van der Waals surface area contributed by atoms with Gasteiger partial charge in [0.25, 0.3) is 5.91 Å². The second-order valence-electron chi connectivity index (χ2n) is 5.63. The van der Waals surface area contributed by atoms with Crippen molar-refractivity contribution < 1.29 is 36.6 Å². The second kappa shape index (κ2) is 7.44. The molecule has 0 saturated carbocycles. The van der Waals surface area contributed by atoms with Gasteiger partial charge < -0.3 is 14.7 Å². The summed E-state index contributed by atoms with van der Waals surface area (Å²) in [7, 11) is -3.27. The minimum absolute atomic E-state index is 0.0837. The number of ether oxygens (including phenoxy) is 1. The molecule has 1 amide bonds. The maximum atomic E-state index is 12.6. The van der Waals surface area contributed by atoms with Crippen molar-refractivity contribution in [2.24, 2.45) is 0 Å². The third-order valence-corrected chi connectivity index (χ3v) is 5.44. The molecular weight excluding hydrogens is 360 g/mol. The molecule has 138 valence electrons. The number of likely N-dealkylation sites (tertiary alicyclic amines) is 1. The number of rotatable bonds is 6. The lowest BCUT2D eigenvalue weighted by atomic mass is 10.1. The van der Waals surface area contributed by atoms with Crippen LogP contribution in [0.15, 0.2) is 29.2 Å². The smallest absolute Gasteiger partial charge is 0.341 e. The number of hydrogen-bond donors (Lipinski definition) is 1. The molecule has 1 aromatic carbocycles. The number of halogens is 2. The fraction of sp³-hybridized carbons (Fsp3) is 0.467. The topological polar surface area (TPSA) is 101 Å². The number of carbonyl (C=O) groups is 2. The number of alkyl halides is 2. The van der Waals surface area contributed by atoms with Crippen LogP contribution in [0.5, 0.6) is 0 Å².